The van der Waals surface area contributed by atoms with Crippen molar-refractivity contribution < 1.29 is 4.79 Å². The van der Waals surface area contributed by atoms with Crippen molar-refractivity contribution >= 4 is 30.3 Å². The highest BCUT2D eigenvalue weighted by atomic mass is 32.1. The van der Waals surface area contributed by atoms with Crippen LogP contribution in [0.1, 0.15) is 21.7 Å². The number of hydrogen-bond acceptors (Lipinski definition) is 4. The molecule has 0 saturated heterocycles. The molecule has 114 valence electrons. The molecular weight excluding hydrogens is 310 g/mol. The third-order valence-electron chi connectivity index (χ3n) is 3.08. The Morgan fingerprint density at radius 3 is 2.61 bits per heavy atom. The quantitative estimate of drug-likeness (QED) is 0.724. The van der Waals surface area contributed by atoms with Crippen molar-refractivity contribution in [2.24, 2.45) is 0 Å². The standard InChI is InChI=1S/C16H13N5OS/c22-15(13-8-10-17-11-9-13)20-21-14(18-19-16(21)23)7-6-12-4-2-1-3-5-12/h1-11H,(H,19,23)(H,20,22)/b7-6+. The van der Waals surface area contributed by atoms with E-state index in [1.54, 1.807) is 30.6 Å². The van der Waals surface area contributed by atoms with E-state index in [2.05, 4.69) is 20.6 Å². The smallest absolute Gasteiger partial charge is 0.267 e. The maximum atomic E-state index is 12.2. The molecule has 7 heteroatoms. The first-order chi connectivity index (χ1) is 11.2. The van der Waals surface area contributed by atoms with Gasteiger partial charge in [-0.25, -0.2) is 9.77 Å². The average Bonchev–Trinajstić information content (AvgIpc) is 2.95. The number of hydrogen-bond donors (Lipinski definition) is 2. The molecule has 0 saturated carbocycles. The van der Waals surface area contributed by atoms with Crippen molar-refractivity contribution in [3.05, 3.63) is 76.6 Å². The highest BCUT2D eigenvalue weighted by Crippen LogP contribution is 2.06. The zero-order valence-electron chi connectivity index (χ0n) is 12.0. The van der Waals surface area contributed by atoms with E-state index >= 15 is 0 Å². The SMILES string of the molecule is O=C(Nn1c(/C=C/c2ccccc2)n[nH]c1=S)c1ccncc1. The lowest BCUT2D eigenvalue weighted by molar-refractivity contribution is 0.101. The molecule has 2 heterocycles. The number of carbonyl (C=O) groups excluding carboxylic acids is 1. The Morgan fingerprint density at radius 1 is 1.13 bits per heavy atom. The minimum absolute atomic E-state index is 0.292. The van der Waals surface area contributed by atoms with Crippen LogP contribution in [0.5, 0.6) is 0 Å². The monoisotopic (exact) mass is 323 g/mol. The van der Waals surface area contributed by atoms with Gasteiger partial charge in [-0.3, -0.25) is 15.2 Å². The summed E-state index contributed by atoms with van der Waals surface area (Å²) in [6.45, 7) is 0. The second kappa shape index (κ2) is 6.80. The molecule has 2 N–H and O–H groups in total. The number of benzene rings is 1. The second-order valence-corrected chi connectivity index (χ2v) is 5.03. The summed E-state index contributed by atoms with van der Waals surface area (Å²) in [6, 6.07) is 13.0. The third kappa shape index (κ3) is 3.58. The van der Waals surface area contributed by atoms with Gasteiger partial charge in [0.2, 0.25) is 4.77 Å². The van der Waals surface area contributed by atoms with Gasteiger partial charge in [0.15, 0.2) is 5.82 Å². The molecule has 0 radical (unpaired) electrons. The Labute approximate surface area is 137 Å². The van der Waals surface area contributed by atoms with E-state index in [9.17, 15) is 4.79 Å². The molecule has 23 heavy (non-hydrogen) atoms. The molecule has 0 atom stereocenters. The Bertz CT molecular complexity index is 884. The summed E-state index contributed by atoms with van der Waals surface area (Å²) in [5.41, 5.74) is 4.22. The predicted molar refractivity (Wildman–Crippen MR) is 90.7 cm³/mol. The topological polar surface area (TPSA) is 75.6 Å². The van der Waals surface area contributed by atoms with Gasteiger partial charge in [0.25, 0.3) is 5.91 Å². The minimum atomic E-state index is -0.292. The van der Waals surface area contributed by atoms with E-state index < -0.39 is 0 Å². The molecule has 2 aromatic heterocycles. The molecule has 0 aliphatic heterocycles. The average molecular weight is 323 g/mol. The van der Waals surface area contributed by atoms with E-state index in [0.717, 1.165) is 5.56 Å². The van der Waals surface area contributed by atoms with E-state index in [4.69, 9.17) is 12.2 Å². The lowest BCUT2D eigenvalue weighted by atomic mass is 10.2. The van der Waals surface area contributed by atoms with Crippen LogP contribution in [0.4, 0.5) is 0 Å². The molecule has 3 aromatic rings. The van der Waals surface area contributed by atoms with Crippen LogP contribution < -0.4 is 5.43 Å². The number of aromatic amines is 1. The highest BCUT2D eigenvalue weighted by molar-refractivity contribution is 7.71. The molecular formula is C16H13N5OS. The molecule has 0 spiro atoms. The Kier molecular flexibility index (Phi) is 4.39. The zero-order chi connectivity index (χ0) is 16.1. The van der Waals surface area contributed by atoms with Crippen LogP contribution in [0.2, 0.25) is 0 Å². The second-order valence-electron chi connectivity index (χ2n) is 4.64. The molecule has 6 nitrogen and oxygen atoms in total. The van der Waals surface area contributed by atoms with Gasteiger partial charge >= 0.3 is 0 Å². The predicted octanol–water partition coefficient (Wildman–Crippen LogP) is 2.89. The molecule has 3 rings (SSSR count). The van der Waals surface area contributed by atoms with Crippen LogP contribution in [0, 0.1) is 4.77 Å². The molecule has 0 unspecified atom stereocenters. The number of aromatic nitrogens is 4. The van der Waals surface area contributed by atoms with Crippen molar-refractivity contribution in [2.45, 2.75) is 0 Å². The van der Waals surface area contributed by atoms with E-state index in [1.165, 1.54) is 4.68 Å². The fraction of sp³-hybridized carbons (Fsp3) is 0. The van der Waals surface area contributed by atoms with Crippen molar-refractivity contribution in [1.29, 1.82) is 0 Å². The van der Waals surface area contributed by atoms with Crippen molar-refractivity contribution in [3.63, 3.8) is 0 Å². The Balaban J connectivity index is 1.83. The lowest BCUT2D eigenvalue weighted by Gasteiger charge is -2.06. The van der Waals surface area contributed by atoms with Crippen LogP contribution in [0.3, 0.4) is 0 Å². The Morgan fingerprint density at radius 2 is 1.87 bits per heavy atom. The number of H-pyrrole nitrogens is 1. The number of carbonyl (C=O) groups is 1. The normalized spacial score (nSPS) is 10.8. The molecule has 0 aliphatic carbocycles. The number of rotatable bonds is 4. The van der Waals surface area contributed by atoms with Crippen LogP contribution >= 0.6 is 12.2 Å². The number of nitrogens with zero attached hydrogens (tertiary/aromatic N) is 3. The van der Waals surface area contributed by atoms with E-state index in [0.29, 0.717) is 16.2 Å². The van der Waals surface area contributed by atoms with Gasteiger partial charge < -0.3 is 0 Å². The maximum absolute atomic E-state index is 12.2. The molecule has 0 fully saturated rings. The fourth-order valence-corrected chi connectivity index (χ4v) is 2.12. The highest BCUT2D eigenvalue weighted by Gasteiger charge is 2.09. The van der Waals surface area contributed by atoms with Crippen LogP contribution in [-0.4, -0.2) is 25.8 Å². The van der Waals surface area contributed by atoms with Gasteiger partial charge in [0.05, 0.1) is 0 Å². The first-order valence-electron chi connectivity index (χ1n) is 6.86. The third-order valence-corrected chi connectivity index (χ3v) is 3.35. The van der Waals surface area contributed by atoms with Crippen molar-refractivity contribution in [2.75, 3.05) is 5.43 Å². The van der Waals surface area contributed by atoms with E-state index in [-0.39, 0.29) is 5.91 Å². The van der Waals surface area contributed by atoms with Gasteiger partial charge in [-0.1, -0.05) is 36.4 Å². The molecule has 1 aromatic carbocycles. The largest absolute Gasteiger partial charge is 0.270 e. The fourth-order valence-electron chi connectivity index (χ4n) is 1.93. The zero-order valence-corrected chi connectivity index (χ0v) is 12.8. The van der Waals surface area contributed by atoms with Gasteiger partial charge in [0, 0.05) is 18.0 Å². The van der Waals surface area contributed by atoms with Crippen molar-refractivity contribution in [3.8, 4) is 0 Å². The minimum Gasteiger partial charge on any atom is -0.267 e. The first kappa shape index (κ1) is 14.9. The summed E-state index contributed by atoms with van der Waals surface area (Å²) in [5, 5.41) is 6.78. The van der Waals surface area contributed by atoms with Gasteiger partial charge in [-0.15, -0.1) is 0 Å². The lowest BCUT2D eigenvalue weighted by Crippen LogP contribution is -2.24. The summed E-state index contributed by atoms with van der Waals surface area (Å²) in [6.07, 6.45) is 6.77. The number of pyridine rings is 1. The maximum Gasteiger partial charge on any atom is 0.270 e. The summed E-state index contributed by atoms with van der Waals surface area (Å²) < 4.78 is 1.73. The number of nitrogens with one attached hydrogen (secondary N) is 2. The van der Waals surface area contributed by atoms with Gasteiger partial charge in [-0.05, 0) is 36.0 Å². The molecule has 0 bridgehead atoms. The van der Waals surface area contributed by atoms with Crippen molar-refractivity contribution in [1.82, 2.24) is 19.9 Å². The summed E-state index contributed by atoms with van der Waals surface area (Å²) >= 11 is 5.16. The van der Waals surface area contributed by atoms with Gasteiger partial charge in [0.1, 0.15) is 0 Å². The summed E-state index contributed by atoms with van der Waals surface area (Å²) in [7, 11) is 0. The molecule has 0 aliphatic rings. The Hall–Kier alpha value is -3.06. The van der Waals surface area contributed by atoms with Crippen LogP contribution in [-0.2, 0) is 0 Å². The number of amides is 1. The molecule has 1 amide bonds. The van der Waals surface area contributed by atoms with Gasteiger partial charge in [-0.2, -0.15) is 5.10 Å². The first-order valence-corrected chi connectivity index (χ1v) is 7.27. The van der Waals surface area contributed by atoms with Crippen LogP contribution in [0.25, 0.3) is 12.2 Å². The van der Waals surface area contributed by atoms with Crippen LogP contribution in [0.15, 0.2) is 54.9 Å². The summed E-state index contributed by atoms with van der Waals surface area (Å²) in [5.74, 6) is 0.209. The van der Waals surface area contributed by atoms with E-state index in [1.807, 2.05) is 36.4 Å². The summed E-state index contributed by atoms with van der Waals surface area (Å²) in [4.78, 5) is 16.1.